The maximum Gasteiger partial charge on any atom is 0.246 e. The van der Waals surface area contributed by atoms with E-state index in [1.807, 2.05) is 55.1 Å². The number of benzene rings is 1. The summed E-state index contributed by atoms with van der Waals surface area (Å²) in [7, 11) is 7.40. The van der Waals surface area contributed by atoms with Crippen LogP contribution in [-0.4, -0.2) is 87.7 Å². The van der Waals surface area contributed by atoms with Gasteiger partial charge in [0.05, 0.1) is 23.5 Å². The molecule has 1 saturated carbocycles. The molecule has 0 saturated heterocycles. The van der Waals surface area contributed by atoms with Crippen LogP contribution < -0.4 is 16.0 Å². The predicted octanol–water partition coefficient (Wildman–Crippen LogP) is 2.89. The number of carbonyl (C=O) groups excluding carboxylic acids is 2. The van der Waals surface area contributed by atoms with Gasteiger partial charge in [0.25, 0.3) is 0 Å². The van der Waals surface area contributed by atoms with Crippen LogP contribution in [0.3, 0.4) is 0 Å². The van der Waals surface area contributed by atoms with Gasteiger partial charge in [-0.05, 0) is 58.5 Å². The molecule has 2 amide bonds. The molecule has 3 aromatic rings. The second-order valence-electron chi connectivity index (χ2n) is 10.5. The van der Waals surface area contributed by atoms with E-state index < -0.39 is 6.04 Å². The monoisotopic (exact) mass is 557 g/mol. The highest BCUT2D eigenvalue weighted by molar-refractivity contribution is 5.92. The molecule has 11 nitrogen and oxygen atoms in total. The topological polar surface area (TPSA) is 120 Å². The van der Waals surface area contributed by atoms with Crippen molar-refractivity contribution in [3.8, 4) is 11.8 Å². The number of aromatic nitrogens is 4. The number of carbonyl (C=O) groups is 2. The fraction of sp³-hybridized carbons (Fsp3) is 0.433. The third-order valence-corrected chi connectivity index (χ3v) is 6.75. The van der Waals surface area contributed by atoms with Gasteiger partial charge in [0.2, 0.25) is 17.8 Å². The van der Waals surface area contributed by atoms with Gasteiger partial charge in [-0.25, -0.2) is 4.98 Å². The molecule has 1 aliphatic carbocycles. The molecule has 0 bridgehead atoms. The van der Waals surface area contributed by atoms with Crippen molar-refractivity contribution in [2.24, 2.45) is 7.05 Å². The molecule has 0 aliphatic heterocycles. The van der Waals surface area contributed by atoms with Crippen LogP contribution in [0.1, 0.15) is 38.2 Å². The second kappa shape index (κ2) is 13.8. The molecule has 1 aliphatic rings. The van der Waals surface area contributed by atoms with Crippen LogP contribution in [0.4, 0.5) is 17.5 Å². The molecule has 0 radical (unpaired) electrons. The zero-order valence-corrected chi connectivity index (χ0v) is 24.4. The second-order valence-corrected chi connectivity index (χ2v) is 10.5. The van der Waals surface area contributed by atoms with Gasteiger partial charge in [-0.3, -0.25) is 14.3 Å². The van der Waals surface area contributed by atoms with Gasteiger partial charge < -0.3 is 25.8 Å². The highest BCUT2D eigenvalue weighted by atomic mass is 16.2. The normalized spacial score (nSPS) is 13.6. The highest BCUT2D eigenvalue weighted by Gasteiger charge is 2.23. The van der Waals surface area contributed by atoms with Gasteiger partial charge in [0.15, 0.2) is 0 Å². The van der Waals surface area contributed by atoms with E-state index >= 15 is 0 Å². The Balaban J connectivity index is 1.28. The molecule has 2 aromatic heterocycles. The van der Waals surface area contributed by atoms with Crippen molar-refractivity contribution in [1.82, 2.24) is 34.9 Å². The summed E-state index contributed by atoms with van der Waals surface area (Å²) in [5.74, 6) is 7.18. The summed E-state index contributed by atoms with van der Waals surface area (Å²) < 4.78 is 1.84. The Bertz CT molecular complexity index is 1460. The van der Waals surface area contributed by atoms with Crippen molar-refractivity contribution in [3.05, 3.63) is 48.3 Å². The Labute approximate surface area is 241 Å². The first-order valence-electron chi connectivity index (χ1n) is 13.9. The summed E-state index contributed by atoms with van der Waals surface area (Å²) in [5, 5.41) is 15.0. The molecular weight excluding hydrogens is 518 g/mol. The fourth-order valence-corrected chi connectivity index (χ4v) is 3.98. The van der Waals surface area contributed by atoms with Crippen molar-refractivity contribution in [2.75, 3.05) is 44.9 Å². The molecule has 0 unspecified atom stereocenters. The van der Waals surface area contributed by atoms with E-state index in [0.717, 1.165) is 40.8 Å². The molecule has 1 atom stereocenters. The van der Waals surface area contributed by atoms with Crippen LogP contribution in [0.5, 0.6) is 0 Å². The lowest BCUT2D eigenvalue weighted by molar-refractivity contribution is -0.135. The van der Waals surface area contributed by atoms with Gasteiger partial charge in [-0.15, -0.1) is 0 Å². The van der Waals surface area contributed by atoms with E-state index in [9.17, 15) is 9.59 Å². The largest absolute Gasteiger partial charge is 0.366 e. The number of nitrogens with one attached hydrogen (secondary N) is 3. The first-order valence-corrected chi connectivity index (χ1v) is 13.9. The smallest absolute Gasteiger partial charge is 0.246 e. The lowest BCUT2D eigenvalue weighted by Crippen LogP contribution is -2.45. The number of likely N-dealkylation sites (N-methyl/N-ethyl adjacent to an activating group) is 2. The van der Waals surface area contributed by atoms with E-state index in [2.05, 4.69) is 37.9 Å². The number of hydrogen-bond acceptors (Lipinski definition) is 8. The first-order chi connectivity index (χ1) is 19.7. The zero-order chi connectivity index (χ0) is 29.4. The van der Waals surface area contributed by atoms with Gasteiger partial charge in [-0.2, -0.15) is 10.1 Å². The number of unbranched alkanes of at least 4 members (excludes halogenated alkanes) is 1. The number of fused-ring (bicyclic) bond motifs is 1. The van der Waals surface area contributed by atoms with Crippen LogP contribution in [-0.2, 0) is 16.6 Å². The summed E-state index contributed by atoms with van der Waals surface area (Å²) in [4.78, 5) is 37.3. The minimum Gasteiger partial charge on any atom is -0.366 e. The van der Waals surface area contributed by atoms with Gasteiger partial charge in [0, 0.05) is 56.8 Å². The summed E-state index contributed by atoms with van der Waals surface area (Å²) in [6, 6.07) is 5.86. The standard InChI is InChI=1S/C30H39N9O2/c1-21(38(4)27(40)11-9-17-37(2)3)29(41)31-16-8-6-7-10-22-19-32-30(36-28(22)34-24-12-13-24)35-25-14-15-26-23(18-25)20-33-39(26)5/h9,11,14-15,18-21,24H,6,8,12-13,16-17H2,1-5H3,(H,31,41)(H2,32,34,35,36)/b11-9+/t21-/m0/s1. The van der Waals surface area contributed by atoms with Crippen LogP contribution in [0, 0.1) is 11.8 Å². The summed E-state index contributed by atoms with van der Waals surface area (Å²) >= 11 is 0. The number of aryl methyl sites for hydroxylation is 1. The number of anilines is 3. The Hall–Kier alpha value is -4.43. The molecule has 11 heteroatoms. The molecule has 216 valence electrons. The van der Waals surface area contributed by atoms with Gasteiger partial charge in [-0.1, -0.05) is 17.9 Å². The van der Waals surface area contributed by atoms with Crippen molar-refractivity contribution < 1.29 is 9.59 Å². The SMILES string of the molecule is C[C@@H](C(=O)NCCCC#Cc1cnc(Nc2ccc3c(cnn3C)c2)nc1NC1CC1)N(C)C(=O)/C=C/CN(C)C. The van der Waals surface area contributed by atoms with Crippen molar-refractivity contribution in [2.45, 2.75) is 44.7 Å². The molecule has 1 aromatic carbocycles. The number of hydrogen-bond donors (Lipinski definition) is 3. The molecule has 4 rings (SSSR count). The van der Waals surface area contributed by atoms with Crippen molar-refractivity contribution in [3.63, 3.8) is 0 Å². The third kappa shape index (κ3) is 8.53. The summed E-state index contributed by atoms with van der Waals surface area (Å²) in [6.45, 7) is 2.86. The Morgan fingerprint density at radius 2 is 2.02 bits per heavy atom. The lowest BCUT2D eigenvalue weighted by Gasteiger charge is -2.23. The van der Waals surface area contributed by atoms with Crippen molar-refractivity contribution in [1.29, 1.82) is 0 Å². The molecule has 3 N–H and O–H groups in total. The van der Waals surface area contributed by atoms with Crippen LogP contribution in [0.25, 0.3) is 10.9 Å². The lowest BCUT2D eigenvalue weighted by atomic mass is 10.2. The number of nitrogens with zero attached hydrogens (tertiary/aromatic N) is 6. The maximum atomic E-state index is 12.5. The Morgan fingerprint density at radius 1 is 1.22 bits per heavy atom. The number of amides is 2. The third-order valence-electron chi connectivity index (χ3n) is 6.75. The predicted molar refractivity (Wildman–Crippen MR) is 162 cm³/mol. The Morgan fingerprint density at radius 3 is 2.78 bits per heavy atom. The van der Waals surface area contributed by atoms with E-state index in [1.54, 1.807) is 26.2 Å². The molecular formula is C30H39N9O2. The van der Waals surface area contributed by atoms with Gasteiger partial charge in [0.1, 0.15) is 11.9 Å². The number of rotatable bonds is 12. The minimum absolute atomic E-state index is 0.190. The van der Waals surface area contributed by atoms with E-state index in [4.69, 9.17) is 4.98 Å². The molecule has 1 fully saturated rings. The quantitative estimate of drug-likeness (QED) is 0.177. The molecule has 0 spiro atoms. The van der Waals surface area contributed by atoms with Crippen LogP contribution >= 0.6 is 0 Å². The van der Waals surface area contributed by atoms with Gasteiger partial charge >= 0.3 is 0 Å². The van der Waals surface area contributed by atoms with Crippen molar-refractivity contribution >= 4 is 40.2 Å². The molecule has 2 heterocycles. The summed E-state index contributed by atoms with van der Waals surface area (Å²) in [5.41, 5.74) is 2.68. The maximum absolute atomic E-state index is 12.5. The van der Waals surface area contributed by atoms with E-state index in [1.165, 1.54) is 11.0 Å². The molecule has 41 heavy (non-hydrogen) atoms. The highest BCUT2D eigenvalue weighted by Crippen LogP contribution is 2.27. The van der Waals surface area contributed by atoms with E-state index in [-0.39, 0.29) is 11.8 Å². The minimum atomic E-state index is -0.566. The first kappa shape index (κ1) is 29.6. The Kier molecular flexibility index (Phi) is 9.92. The summed E-state index contributed by atoms with van der Waals surface area (Å²) in [6.07, 6.45) is 10.4. The fourth-order valence-electron chi connectivity index (χ4n) is 3.98. The zero-order valence-electron chi connectivity index (χ0n) is 24.4. The van der Waals surface area contributed by atoms with Crippen LogP contribution in [0.15, 0.2) is 42.7 Å². The van der Waals surface area contributed by atoms with E-state index in [0.29, 0.717) is 37.9 Å². The average molecular weight is 558 g/mol. The average Bonchev–Trinajstić information content (AvgIpc) is 3.70. The van der Waals surface area contributed by atoms with Crippen LogP contribution in [0.2, 0.25) is 0 Å².